The second-order valence-electron chi connectivity index (χ2n) is 4.50. The van der Waals surface area contributed by atoms with Crippen molar-refractivity contribution in [2.45, 2.75) is 13.0 Å². The molecule has 0 fully saturated rings. The van der Waals surface area contributed by atoms with Crippen LogP contribution in [0.5, 0.6) is 11.5 Å². The van der Waals surface area contributed by atoms with Gasteiger partial charge in [-0.05, 0) is 54.4 Å². The SMILES string of the molecule is COc1ccc(C=NC(C)c2ccc(OC)cc2)cc1. The van der Waals surface area contributed by atoms with E-state index in [-0.39, 0.29) is 6.04 Å². The molecule has 0 bridgehead atoms. The maximum Gasteiger partial charge on any atom is 0.118 e. The van der Waals surface area contributed by atoms with Crippen LogP contribution in [-0.4, -0.2) is 20.4 Å². The van der Waals surface area contributed by atoms with Crippen molar-refractivity contribution in [1.29, 1.82) is 0 Å². The van der Waals surface area contributed by atoms with Crippen molar-refractivity contribution < 1.29 is 9.47 Å². The van der Waals surface area contributed by atoms with E-state index in [0.717, 1.165) is 22.6 Å². The second-order valence-corrected chi connectivity index (χ2v) is 4.50. The Morgan fingerprint density at radius 3 is 1.85 bits per heavy atom. The van der Waals surface area contributed by atoms with E-state index in [4.69, 9.17) is 9.47 Å². The van der Waals surface area contributed by atoms with Gasteiger partial charge in [-0.15, -0.1) is 0 Å². The van der Waals surface area contributed by atoms with Crippen LogP contribution in [0.15, 0.2) is 53.5 Å². The summed E-state index contributed by atoms with van der Waals surface area (Å²) in [6.45, 7) is 2.07. The number of rotatable bonds is 5. The molecule has 104 valence electrons. The Morgan fingerprint density at radius 2 is 1.35 bits per heavy atom. The Kier molecular flexibility index (Phi) is 4.77. The molecular formula is C17H19NO2. The summed E-state index contributed by atoms with van der Waals surface area (Å²) in [5.41, 5.74) is 2.22. The lowest BCUT2D eigenvalue weighted by atomic mass is 10.1. The standard InChI is InChI=1S/C17H19NO2/c1-13(15-6-10-17(20-3)11-7-15)18-12-14-4-8-16(19-2)9-5-14/h4-13H,1-3H3. The fraction of sp³-hybridized carbons (Fsp3) is 0.235. The summed E-state index contributed by atoms with van der Waals surface area (Å²) in [7, 11) is 3.33. The highest BCUT2D eigenvalue weighted by Gasteiger charge is 2.02. The van der Waals surface area contributed by atoms with Crippen molar-refractivity contribution in [1.82, 2.24) is 0 Å². The maximum absolute atomic E-state index is 5.15. The van der Waals surface area contributed by atoms with E-state index >= 15 is 0 Å². The van der Waals surface area contributed by atoms with Crippen LogP contribution in [0.4, 0.5) is 0 Å². The third-order valence-electron chi connectivity index (χ3n) is 3.16. The van der Waals surface area contributed by atoms with Crippen molar-refractivity contribution in [2.24, 2.45) is 4.99 Å². The molecule has 2 aromatic rings. The molecule has 3 heteroatoms. The summed E-state index contributed by atoms with van der Waals surface area (Å²) in [6, 6.07) is 15.9. The summed E-state index contributed by atoms with van der Waals surface area (Å²) >= 11 is 0. The smallest absolute Gasteiger partial charge is 0.118 e. The molecule has 1 atom stereocenters. The van der Waals surface area contributed by atoms with Crippen LogP contribution in [0.25, 0.3) is 0 Å². The van der Waals surface area contributed by atoms with Gasteiger partial charge >= 0.3 is 0 Å². The molecule has 20 heavy (non-hydrogen) atoms. The van der Waals surface area contributed by atoms with E-state index in [1.165, 1.54) is 0 Å². The van der Waals surface area contributed by atoms with E-state index in [0.29, 0.717) is 0 Å². The molecule has 0 spiro atoms. The molecular weight excluding hydrogens is 250 g/mol. The Labute approximate surface area is 119 Å². The summed E-state index contributed by atoms with van der Waals surface area (Å²) in [4.78, 5) is 4.57. The number of aliphatic imine (C=N–C) groups is 1. The molecule has 0 heterocycles. The lowest BCUT2D eigenvalue weighted by Gasteiger charge is -2.07. The molecule has 0 aliphatic heterocycles. The summed E-state index contributed by atoms with van der Waals surface area (Å²) in [6.07, 6.45) is 1.88. The molecule has 2 aromatic carbocycles. The molecule has 2 rings (SSSR count). The zero-order valence-corrected chi connectivity index (χ0v) is 12.0. The van der Waals surface area contributed by atoms with E-state index in [2.05, 4.69) is 11.9 Å². The number of hydrogen-bond acceptors (Lipinski definition) is 3. The van der Waals surface area contributed by atoms with Gasteiger partial charge in [0.25, 0.3) is 0 Å². The number of methoxy groups -OCH3 is 2. The average Bonchev–Trinajstić information content (AvgIpc) is 2.53. The molecule has 0 radical (unpaired) electrons. The van der Waals surface area contributed by atoms with Crippen LogP contribution in [0.3, 0.4) is 0 Å². The topological polar surface area (TPSA) is 30.8 Å². The molecule has 0 N–H and O–H groups in total. The van der Waals surface area contributed by atoms with Crippen LogP contribution in [0, 0.1) is 0 Å². The first kappa shape index (κ1) is 14.1. The first-order valence-corrected chi connectivity index (χ1v) is 6.54. The molecule has 0 saturated carbocycles. The maximum atomic E-state index is 5.15. The first-order chi connectivity index (χ1) is 9.72. The number of ether oxygens (including phenoxy) is 2. The van der Waals surface area contributed by atoms with E-state index in [9.17, 15) is 0 Å². The predicted octanol–water partition coefficient (Wildman–Crippen LogP) is 3.88. The van der Waals surface area contributed by atoms with Crippen LogP contribution in [0.2, 0.25) is 0 Å². The van der Waals surface area contributed by atoms with Crippen molar-refractivity contribution in [2.75, 3.05) is 14.2 Å². The minimum absolute atomic E-state index is 0.114. The minimum Gasteiger partial charge on any atom is -0.497 e. The molecule has 0 aromatic heterocycles. The predicted molar refractivity (Wildman–Crippen MR) is 82.0 cm³/mol. The Bertz CT molecular complexity index is 559. The van der Waals surface area contributed by atoms with E-state index in [1.807, 2.05) is 54.7 Å². The summed E-state index contributed by atoms with van der Waals surface area (Å²) in [5, 5.41) is 0. The zero-order chi connectivity index (χ0) is 14.4. The highest BCUT2D eigenvalue weighted by Crippen LogP contribution is 2.20. The number of nitrogens with zero attached hydrogens (tertiary/aromatic N) is 1. The summed E-state index contributed by atoms with van der Waals surface area (Å²) < 4.78 is 10.3. The molecule has 0 amide bonds. The van der Waals surface area contributed by atoms with Gasteiger partial charge < -0.3 is 9.47 Å². The lowest BCUT2D eigenvalue weighted by Crippen LogP contribution is -1.92. The zero-order valence-electron chi connectivity index (χ0n) is 12.0. The quantitative estimate of drug-likeness (QED) is 0.771. The molecule has 3 nitrogen and oxygen atoms in total. The minimum atomic E-state index is 0.114. The normalized spacial score (nSPS) is 12.3. The van der Waals surface area contributed by atoms with Crippen LogP contribution in [0.1, 0.15) is 24.1 Å². The summed E-state index contributed by atoms with van der Waals surface area (Å²) in [5.74, 6) is 1.71. The third-order valence-corrected chi connectivity index (χ3v) is 3.16. The third kappa shape index (κ3) is 3.60. The number of hydrogen-bond donors (Lipinski definition) is 0. The molecule has 0 saturated heterocycles. The van der Waals surface area contributed by atoms with Gasteiger partial charge in [0, 0.05) is 6.21 Å². The molecule has 0 aliphatic carbocycles. The van der Waals surface area contributed by atoms with Gasteiger partial charge in [0.15, 0.2) is 0 Å². The van der Waals surface area contributed by atoms with Crippen molar-refractivity contribution in [3.63, 3.8) is 0 Å². The van der Waals surface area contributed by atoms with Crippen LogP contribution < -0.4 is 9.47 Å². The van der Waals surface area contributed by atoms with Gasteiger partial charge in [-0.2, -0.15) is 0 Å². The van der Waals surface area contributed by atoms with Gasteiger partial charge in [0.05, 0.1) is 20.3 Å². The monoisotopic (exact) mass is 269 g/mol. The average molecular weight is 269 g/mol. The van der Waals surface area contributed by atoms with Crippen LogP contribution >= 0.6 is 0 Å². The van der Waals surface area contributed by atoms with Gasteiger partial charge in [-0.3, -0.25) is 4.99 Å². The Morgan fingerprint density at radius 1 is 0.850 bits per heavy atom. The van der Waals surface area contributed by atoms with Crippen molar-refractivity contribution in [3.05, 3.63) is 59.7 Å². The highest BCUT2D eigenvalue weighted by atomic mass is 16.5. The van der Waals surface area contributed by atoms with E-state index in [1.54, 1.807) is 14.2 Å². The lowest BCUT2D eigenvalue weighted by molar-refractivity contribution is 0.414. The second kappa shape index (κ2) is 6.75. The molecule has 1 unspecified atom stereocenters. The number of benzene rings is 2. The van der Waals surface area contributed by atoms with Crippen molar-refractivity contribution >= 4 is 6.21 Å². The van der Waals surface area contributed by atoms with Crippen LogP contribution in [-0.2, 0) is 0 Å². The van der Waals surface area contributed by atoms with Gasteiger partial charge in [0.2, 0.25) is 0 Å². The highest BCUT2D eigenvalue weighted by molar-refractivity contribution is 5.79. The van der Waals surface area contributed by atoms with Crippen molar-refractivity contribution in [3.8, 4) is 11.5 Å². The largest absolute Gasteiger partial charge is 0.497 e. The van der Waals surface area contributed by atoms with Gasteiger partial charge in [-0.1, -0.05) is 12.1 Å². The Balaban J connectivity index is 2.04. The van der Waals surface area contributed by atoms with E-state index < -0.39 is 0 Å². The van der Waals surface area contributed by atoms with Gasteiger partial charge in [0.1, 0.15) is 11.5 Å². The van der Waals surface area contributed by atoms with Gasteiger partial charge in [-0.25, -0.2) is 0 Å². The Hall–Kier alpha value is -2.29. The molecule has 0 aliphatic rings. The fourth-order valence-electron chi connectivity index (χ4n) is 1.86. The fourth-order valence-corrected chi connectivity index (χ4v) is 1.86. The first-order valence-electron chi connectivity index (χ1n) is 6.54.